The minimum Gasteiger partial charge on any atom is -0.339 e. The zero-order valence-electron chi connectivity index (χ0n) is 14.9. The van der Waals surface area contributed by atoms with Crippen molar-refractivity contribution in [2.45, 2.75) is 13.0 Å². The molecule has 0 aliphatic carbocycles. The number of hydrogen-bond acceptors (Lipinski definition) is 5. The molecule has 1 aromatic heterocycles. The predicted octanol–water partition coefficient (Wildman–Crippen LogP) is 2.74. The first-order valence-corrected chi connectivity index (χ1v) is 8.41. The number of amides is 2. The average molecular weight is 379 g/mol. The molecule has 2 amide bonds. The number of anilines is 1. The summed E-state index contributed by atoms with van der Waals surface area (Å²) in [5.74, 6) is -0.925. The van der Waals surface area contributed by atoms with Gasteiger partial charge in [0, 0.05) is 23.4 Å². The number of nitrogens with one attached hydrogen (secondary N) is 3. The van der Waals surface area contributed by atoms with Crippen LogP contribution in [0.3, 0.4) is 0 Å². The number of aromatic amines is 1. The molecule has 0 aliphatic heterocycles. The number of benzene rings is 2. The van der Waals surface area contributed by atoms with Crippen LogP contribution >= 0.6 is 0 Å². The van der Waals surface area contributed by atoms with E-state index in [-0.39, 0.29) is 11.4 Å². The van der Waals surface area contributed by atoms with Gasteiger partial charge >= 0.3 is 0 Å². The number of aromatic nitrogens is 2. The molecule has 3 N–H and O–H groups in total. The lowest BCUT2D eigenvalue weighted by atomic mass is 10.1. The van der Waals surface area contributed by atoms with Crippen molar-refractivity contribution in [1.29, 1.82) is 0 Å². The third-order valence-electron chi connectivity index (χ3n) is 3.98. The summed E-state index contributed by atoms with van der Waals surface area (Å²) >= 11 is 0. The van der Waals surface area contributed by atoms with Crippen molar-refractivity contribution in [2.24, 2.45) is 0 Å². The summed E-state index contributed by atoms with van der Waals surface area (Å²) in [6, 6.07) is 15.6. The normalized spacial score (nSPS) is 11.5. The Kier molecular flexibility index (Phi) is 5.45. The topological polar surface area (TPSA) is 130 Å². The summed E-state index contributed by atoms with van der Waals surface area (Å²) in [5, 5.41) is 22.6. The second-order valence-corrected chi connectivity index (χ2v) is 6.02. The second kappa shape index (κ2) is 8.12. The van der Waals surface area contributed by atoms with E-state index in [4.69, 9.17) is 0 Å². The fraction of sp³-hybridized carbons (Fsp3) is 0.105. The molecular weight excluding hydrogens is 362 g/mol. The van der Waals surface area contributed by atoms with E-state index in [0.717, 1.165) is 5.56 Å². The zero-order chi connectivity index (χ0) is 20.1. The lowest BCUT2D eigenvalue weighted by Crippen LogP contribution is -2.41. The number of nitro benzene ring substituents is 1. The summed E-state index contributed by atoms with van der Waals surface area (Å²) in [5.41, 5.74) is 2.03. The average Bonchev–Trinajstić information content (AvgIpc) is 3.19. The summed E-state index contributed by atoms with van der Waals surface area (Å²) in [4.78, 5) is 34.7. The van der Waals surface area contributed by atoms with Crippen molar-refractivity contribution in [3.63, 3.8) is 0 Å². The summed E-state index contributed by atoms with van der Waals surface area (Å²) < 4.78 is 0. The number of nitrogens with zero attached hydrogens (tertiary/aromatic N) is 2. The molecule has 1 heterocycles. The van der Waals surface area contributed by atoms with Gasteiger partial charge in [0.25, 0.3) is 11.6 Å². The fourth-order valence-corrected chi connectivity index (χ4v) is 2.45. The first kappa shape index (κ1) is 18.8. The van der Waals surface area contributed by atoms with Gasteiger partial charge in [-0.05, 0) is 25.1 Å². The molecule has 0 aliphatic rings. The Morgan fingerprint density at radius 3 is 2.43 bits per heavy atom. The third kappa shape index (κ3) is 4.39. The first-order valence-electron chi connectivity index (χ1n) is 8.41. The molecule has 142 valence electrons. The van der Waals surface area contributed by atoms with E-state index < -0.39 is 22.8 Å². The highest BCUT2D eigenvalue weighted by Crippen LogP contribution is 2.17. The third-order valence-corrected chi connectivity index (χ3v) is 3.98. The summed E-state index contributed by atoms with van der Waals surface area (Å²) in [7, 11) is 0. The largest absolute Gasteiger partial charge is 0.339 e. The molecule has 3 rings (SSSR count). The predicted molar refractivity (Wildman–Crippen MR) is 103 cm³/mol. The van der Waals surface area contributed by atoms with Crippen molar-refractivity contribution in [1.82, 2.24) is 15.5 Å². The van der Waals surface area contributed by atoms with E-state index in [1.54, 1.807) is 6.07 Å². The van der Waals surface area contributed by atoms with Crippen LogP contribution in [0.1, 0.15) is 17.4 Å². The molecule has 0 unspecified atom stereocenters. The number of carbonyl (C=O) groups excluding carboxylic acids is 2. The monoisotopic (exact) mass is 379 g/mol. The molecular formula is C19H17N5O4. The summed E-state index contributed by atoms with van der Waals surface area (Å²) in [6.45, 7) is 1.53. The molecule has 1 atom stereocenters. The van der Waals surface area contributed by atoms with Crippen LogP contribution in [0.5, 0.6) is 0 Å². The molecule has 0 spiro atoms. The molecule has 9 nitrogen and oxygen atoms in total. The maximum atomic E-state index is 12.3. The summed E-state index contributed by atoms with van der Waals surface area (Å²) in [6.07, 6.45) is 0. The van der Waals surface area contributed by atoms with Crippen LogP contribution in [-0.2, 0) is 4.79 Å². The number of hydrogen-bond donors (Lipinski definition) is 3. The highest BCUT2D eigenvalue weighted by atomic mass is 16.6. The smallest absolute Gasteiger partial charge is 0.269 e. The van der Waals surface area contributed by atoms with Crippen molar-refractivity contribution in [3.8, 4) is 11.3 Å². The van der Waals surface area contributed by atoms with Crippen molar-refractivity contribution in [3.05, 3.63) is 76.5 Å². The van der Waals surface area contributed by atoms with E-state index >= 15 is 0 Å². The van der Waals surface area contributed by atoms with E-state index in [1.807, 2.05) is 30.3 Å². The second-order valence-electron chi connectivity index (χ2n) is 6.02. The molecule has 0 saturated carbocycles. The molecule has 9 heteroatoms. The molecule has 3 aromatic rings. The number of H-pyrrole nitrogens is 1. The van der Waals surface area contributed by atoms with Gasteiger partial charge in [-0.3, -0.25) is 24.8 Å². The maximum absolute atomic E-state index is 12.3. The highest BCUT2D eigenvalue weighted by Gasteiger charge is 2.19. The SMILES string of the molecule is C[C@H](NC(=O)c1cc(-c2ccccc2)n[nH]1)C(=O)Nc1ccc([N+](=O)[O-])cc1. The molecule has 0 bridgehead atoms. The van der Waals surface area contributed by atoms with Gasteiger partial charge in [-0.2, -0.15) is 5.10 Å². The lowest BCUT2D eigenvalue weighted by Gasteiger charge is -2.13. The number of carbonyl (C=O) groups is 2. The van der Waals surface area contributed by atoms with E-state index in [9.17, 15) is 19.7 Å². The van der Waals surface area contributed by atoms with Gasteiger partial charge in [0.05, 0.1) is 10.6 Å². The minimum atomic E-state index is -0.828. The molecule has 0 saturated heterocycles. The van der Waals surface area contributed by atoms with Crippen molar-refractivity contribution in [2.75, 3.05) is 5.32 Å². The van der Waals surface area contributed by atoms with Crippen molar-refractivity contribution < 1.29 is 14.5 Å². The van der Waals surface area contributed by atoms with Gasteiger partial charge in [-0.25, -0.2) is 0 Å². The maximum Gasteiger partial charge on any atom is 0.269 e. The Hall–Kier alpha value is -4.01. The van der Waals surface area contributed by atoms with Crippen LogP contribution in [0, 0.1) is 10.1 Å². The fourth-order valence-electron chi connectivity index (χ4n) is 2.45. The van der Waals surface area contributed by atoms with Gasteiger partial charge in [0.15, 0.2) is 0 Å². The molecule has 28 heavy (non-hydrogen) atoms. The Bertz CT molecular complexity index is 999. The lowest BCUT2D eigenvalue weighted by molar-refractivity contribution is -0.384. The van der Waals surface area contributed by atoms with Crippen LogP contribution in [-0.4, -0.2) is 33.0 Å². The van der Waals surface area contributed by atoms with Crippen LogP contribution in [0.15, 0.2) is 60.7 Å². The van der Waals surface area contributed by atoms with E-state index in [2.05, 4.69) is 20.8 Å². The van der Waals surface area contributed by atoms with E-state index in [1.165, 1.54) is 31.2 Å². The Morgan fingerprint density at radius 2 is 1.79 bits per heavy atom. The Morgan fingerprint density at radius 1 is 1.11 bits per heavy atom. The Labute approximate surface area is 159 Å². The van der Waals surface area contributed by atoms with Crippen LogP contribution in [0.4, 0.5) is 11.4 Å². The molecule has 2 aromatic carbocycles. The van der Waals surface area contributed by atoms with Crippen LogP contribution < -0.4 is 10.6 Å². The zero-order valence-corrected chi connectivity index (χ0v) is 14.9. The molecule has 0 radical (unpaired) electrons. The van der Waals surface area contributed by atoms with Crippen molar-refractivity contribution >= 4 is 23.2 Å². The highest BCUT2D eigenvalue weighted by molar-refractivity contribution is 6.00. The standard InChI is InChI=1S/C19H17N5O4/c1-12(18(25)21-14-7-9-15(10-8-14)24(27)28)20-19(26)17-11-16(22-23-17)13-5-3-2-4-6-13/h2-12H,1H3,(H,20,26)(H,21,25)(H,22,23)/t12-/m0/s1. The number of nitro groups is 1. The molecule has 0 fully saturated rings. The Balaban J connectivity index is 1.60. The van der Waals surface area contributed by atoms with E-state index in [0.29, 0.717) is 11.4 Å². The van der Waals surface area contributed by atoms with Crippen LogP contribution in [0.25, 0.3) is 11.3 Å². The first-order chi connectivity index (χ1) is 13.4. The van der Waals surface area contributed by atoms with Gasteiger partial charge in [0.1, 0.15) is 11.7 Å². The van der Waals surface area contributed by atoms with Gasteiger partial charge in [-0.15, -0.1) is 0 Å². The number of rotatable bonds is 6. The van der Waals surface area contributed by atoms with Gasteiger partial charge in [0.2, 0.25) is 5.91 Å². The minimum absolute atomic E-state index is 0.0761. The van der Waals surface area contributed by atoms with Gasteiger partial charge in [-0.1, -0.05) is 30.3 Å². The van der Waals surface area contributed by atoms with Gasteiger partial charge < -0.3 is 10.6 Å². The van der Waals surface area contributed by atoms with Crippen LogP contribution in [0.2, 0.25) is 0 Å². The number of non-ortho nitro benzene ring substituents is 1. The quantitative estimate of drug-likeness (QED) is 0.448.